The summed E-state index contributed by atoms with van der Waals surface area (Å²) in [7, 11) is 0. The Balaban J connectivity index is 1.57. The Morgan fingerprint density at radius 2 is 1.00 bits per heavy atom. The predicted molar refractivity (Wildman–Crippen MR) is 150 cm³/mol. The van der Waals surface area contributed by atoms with E-state index in [0.717, 1.165) is 12.8 Å². The van der Waals surface area contributed by atoms with Crippen molar-refractivity contribution in [2.24, 2.45) is 0 Å². The molecule has 0 N–H and O–H groups in total. The van der Waals surface area contributed by atoms with Gasteiger partial charge in [0, 0.05) is 29.4 Å². The van der Waals surface area contributed by atoms with Crippen LogP contribution in [0.5, 0.6) is 0 Å². The summed E-state index contributed by atoms with van der Waals surface area (Å²) < 4.78 is 0. The Morgan fingerprint density at radius 3 is 1.44 bits per heavy atom. The van der Waals surface area contributed by atoms with Gasteiger partial charge in [0.15, 0.2) is 0 Å². The van der Waals surface area contributed by atoms with Crippen molar-refractivity contribution in [3.05, 3.63) is 107 Å². The van der Waals surface area contributed by atoms with E-state index >= 15 is 0 Å². The van der Waals surface area contributed by atoms with Crippen LogP contribution in [0.3, 0.4) is 0 Å². The first kappa shape index (κ1) is 22.7. The van der Waals surface area contributed by atoms with Gasteiger partial charge in [-0.2, -0.15) is 0 Å². The third-order valence-corrected chi connectivity index (χ3v) is 10.9. The highest BCUT2D eigenvalue weighted by molar-refractivity contribution is 8.00. The van der Waals surface area contributed by atoms with Crippen LogP contribution in [-0.4, -0.2) is 12.5 Å². The summed E-state index contributed by atoms with van der Waals surface area (Å²) in [6, 6.07) is 32.3. The SMILES string of the molecule is CSc1ccc2c(c1)C(C1Cc3ccccc3Sc3ccc(SC)cc31)Cc1ccccc1S2. The number of thioether (sulfide) groups is 2. The van der Waals surface area contributed by atoms with Crippen molar-refractivity contribution in [3.8, 4) is 0 Å². The molecule has 170 valence electrons. The zero-order valence-corrected chi connectivity index (χ0v) is 22.6. The monoisotopic (exact) mass is 514 g/mol. The second-order valence-corrected chi connectivity index (χ2v) is 12.8. The molecule has 2 aliphatic rings. The maximum Gasteiger partial charge on any atom is 0.0158 e. The topological polar surface area (TPSA) is 0 Å². The summed E-state index contributed by atoms with van der Waals surface area (Å²) in [6.07, 6.45) is 6.53. The lowest BCUT2D eigenvalue weighted by atomic mass is 9.75. The molecule has 2 aliphatic heterocycles. The normalized spacial score (nSPS) is 18.6. The molecule has 0 radical (unpaired) electrons. The van der Waals surface area contributed by atoms with Crippen molar-refractivity contribution in [3.63, 3.8) is 0 Å². The van der Waals surface area contributed by atoms with Crippen LogP contribution in [0, 0.1) is 0 Å². The average Bonchev–Trinajstić information content (AvgIpc) is 3.15. The Kier molecular flexibility index (Phi) is 6.51. The van der Waals surface area contributed by atoms with Crippen LogP contribution < -0.4 is 0 Å². The third kappa shape index (κ3) is 4.24. The summed E-state index contributed by atoms with van der Waals surface area (Å²) in [5, 5.41) is 0. The Labute approximate surface area is 219 Å². The standard InChI is InChI=1S/C30H26S4/c1-31-21-11-13-29-25(17-21)23(15-19-7-3-5-9-27(19)33-29)24-16-20-8-4-6-10-28(20)34-30-14-12-22(32-2)18-26(24)30/h3-14,17-18,23-24H,15-16H2,1-2H3. The molecule has 6 rings (SSSR count). The van der Waals surface area contributed by atoms with Crippen molar-refractivity contribution in [1.29, 1.82) is 0 Å². The number of fused-ring (bicyclic) bond motifs is 4. The molecule has 0 amide bonds. The van der Waals surface area contributed by atoms with E-state index in [1.807, 2.05) is 47.0 Å². The van der Waals surface area contributed by atoms with Crippen molar-refractivity contribution in [1.82, 2.24) is 0 Å². The van der Waals surface area contributed by atoms with E-state index in [-0.39, 0.29) is 0 Å². The summed E-state index contributed by atoms with van der Waals surface area (Å²) in [6.45, 7) is 0. The first-order valence-electron chi connectivity index (χ1n) is 11.6. The minimum Gasteiger partial charge on any atom is -0.130 e. The molecule has 2 atom stereocenters. The molecule has 0 nitrogen and oxygen atoms in total. The number of rotatable bonds is 3. The maximum absolute atomic E-state index is 2.48. The summed E-state index contributed by atoms with van der Waals surface area (Å²) in [4.78, 5) is 8.36. The van der Waals surface area contributed by atoms with E-state index in [2.05, 4.69) is 97.4 Å². The van der Waals surface area contributed by atoms with E-state index in [9.17, 15) is 0 Å². The average molecular weight is 515 g/mol. The predicted octanol–water partition coefficient (Wildman–Crippen LogP) is 9.41. The van der Waals surface area contributed by atoms with Gasteiger partial charge in [0.2, 0.25) is 0 Å². The molecule has 0 aromatic heterocycles. The van der Waals surface area contributed by atoms with E-state index in [0.29, 0.717) is 11.8 Å². The van der Waals surface area contributed by atoms with Crippen LogP contribution in [0.25, 0.3) is 0 Å². The quantitative estimate of drug-likeness (QED) is 0.250. The molecule has 0 saturated carbocycles. The molecule has 0 saturated heterocycles. The van der Waals surface area contributed by atoms with Crippen LogP contribution >= 0.6 is 47.0 Å². The third-order valence-electron chi connectivity index (χ3n) is 6.98. The minimum atomic E-state index is 0.431. The second kappa shape index (κ2) is 9.73. The van der Waals surface area contributed by atoms with Gasteiger partial charge in [-0.05, 0) is 108 Å². The minimum absolute atomic E-state index is 0.431. The molecule has 0 aliphatic carbocycles. The first-order chi connectivity index (χ1) is 16.7. The molecular formula is C30H26S4. The molecule has 0 fully saturated rings. The highest BCUT2D eigenvalue weighted by atomic mass is 32.2. The van der Waals surface area contributed by atoms with Gasteiger partial charge in [-0.3, -0.25) is 0 Å². The first-order valence-corrected chi connectivity index (χ1v) is 15.7. The van der Waals surface area contributed by atoms with Gasteiger partial charge in [-0.1, -0.05) is 59.9 Å². The van der Waals surface area contributed by atoms with Gasteiger partial charge in [0.05, 0.1) is 0 Å². The number of benzene rings is 4. The van der Waals surface area contributed by atoms with Crippen molar-refractivity contribution >= 4 is 47.0 Å². The number of hydrogen-bond donors (Lipinski definition) is 0. The molecule has 4 heteroatoms. The van der Waals surface area contributed by atoms with Crippen molar-refractivity contribution in [2.75, 3.05) is 12.5 Å². The fourth-order valence-electron chi connectivity index (χ4n) is 5.27. The van der Waals surface area contributed by atoms with E-state index in [4.69, 9.17) is 0 Å². The fourth-order valence-corrected chi connectivity index (χ4v) is 8.42. The maximum atomic E-state index is 2.48. The summed E-state index contributed by atoms with van der Waals surface area (Å²) in [5.41, 5.74) is 5.99. The lowest BCUT2D eigenvalue weighted by molar-refractivity contribution is 0.515. The van der Waals surface area contributed by atoms with Crippen LogP contribution in [0.1, 0.15) is 34.1 Å². The highest BCUT2D eigenvalue weighted by Gasteiger charge is 2.34. The van der Waals surface area contributed by atoms with Gasteiger partial charge < -0.3 is 0 Å². The molecule has 4 aromatic rings. The van der Waals surface area contributed by atoms with E-state index in [1.54, 1.807) is 0 Å². The van der Waals surface area contributed by atoms with E-state index in [1.165, 1.54) is 51.6 Å². The molecule has 4 aromatic carbocycles. The second-order valence-electron chi connectivity index (χ2n) is 8.85. The highest BCUT2D eigenvalue weighted by Crippen LogP contribution is 2.52. The number of hydrogen-bond acceptors (Lipinski definition) is 4. The van der Waals surface area contributed by atoms with Gasteiger partial charge in [0.25, 0.3) is 0 Å². The fraction of sp³-hybridized carbons (Fsp3) is 0.200. The van der Waals surface area contributed by atoms with Crippen LogP contribution in [0.15, 0.2) is 114 Å². The largest absolute Gasteiger partial charge is 0.130 e. The van der Waals surface area contributed by atoms with Gasteiger partial charge in [0.1, 0.15) is 0 Å². The Hall–Kier alpha value is -1.72. The van der Waals surface area contributed by atoms with Crippen LogP contribution in [-0.2, 0) is 12.8 Å². The molecule has 2 heterocycles. The van der Waals surface area contributed by atoms with Crippen LogP contribution in [0.4, 0.5) is 0 Å². The Bertz CT molecular complexity index is 1250. The molecular weight excluding hydrogens is 489 g/mol. The van der Waals surface area contributed by atoms with Gasteiger partial charge >= 0.3 is 0 Å². The van der Waals surface area contributed by atoms with Gasteiger partial charge in [-0.15, -0.1) is 23.5 Å². The summed E-state index contributed by atoms with van der Waals surface area (Å²) >= 11 is 7.60. The molecule has 0 spiro atoms. The van der Waals surface area contributed by atoms with Crippen molar-refractivity contribution in [2.45, 2.75) is 54.1 Å². The zero-order chi connectivity index (χ0) is 23.1. The smallest absolute Gasteiger partial charge is 0.0158 e. The van der Waals surface area contributed by atoms with E-state index < -0.39 is 0 Å². The van der Waals surface area contributed by atoms with Crippen molar-refractivity contribution < 1.29 is 0 Å². The zero-order valence-electron chi connectivity index (χ0n) is 19.3. The van der Waals surface area contributed by atoms with Crippen LogP contribution in [0.2, 0.25) is 0 Å². The molecule has 0 bridgehead atoms. The lowest BCUT2D eigenvalue weighted by Crippen LogP contribution is -2.17. The molecule has 34 heavy (non-hydrogen) atoms. The Morgan fingerprint density at radius 1 is 0.559 bits per heavy atom. The van der Waals surface area contributed by atoms with Gasteiger partial charge in [-0.25, -0.2) is 0 Å². The lowest BCUT2D eigenvalue weighted by Gasteiger charge is -2.29. The molecule has 2 unspecified atom stereocenters. The summed E-state index contributed by atoms with van der Waals surface area (Å²) in [5.74, 6) is 0.863.